The summed E-state index contributed by atoms with van der Waals surface area (Å²) in [5.41, 5.74) is 1.32. The van der Waals surface area contributed by atoms with Crippen LogP contribution in [0.25, 0.3) is 10.7 Å². The van der Waals surface area contributed by atoms with Crippen LogP contribution in [-0.2, 0) is 0 Å². The van der Waals surface area contributed by atoms with Crippen LogP contribution in [0.3, 0.4) is 0 Å². The fourth-order valence-corrected chi connectivity index (χ4v) is 3.87. The van der Waals surface area contributed by atoms with Gasteiger partial charge in [0.05, 0.1) is 4.88 Å². The number of nitrogens with one attached hydrogen (secondary N) is 2. The Morgan fingerprint density at radius 3 is 3.05 bits per heavy atom. The van der Waals surface area contributed by atoms with Gasteiger partial charge in [0.25, 0.3) is 0 Å². The SMILES string of the molecule is CNCC1CCCN(c2n[nH]c(-c3cc(C)c(C)s3)n2)C1. The van der Waals surface area contributed by atoms with Gasteiger partial charge in [0.1, 0.15) is 0 Å². The number of nitrogens with zero attached hydrogens (tertiary/aromatic N) is 3. The van der Waals surface area contributed by atoms with Gasteiger partial charge in [0.15, 0.2) is 5.82 Å². The van der Waals surface area contributed by atoms with Gasteiger partial charge < -0.3 is 10.2 Å². The standard InChI is InChI=1S/C15H23N5S/c1-10-7-13(21-11(10)2)14-17-15(19-18-14)20-6-4-5-12(9-20)8-16-3/h7,12,16H,4-6,8-9H2,1-3H3,(H,17,18,19). The van der Waals surface area contributed by atoms with Gasteiger partial charge in [-0.05, 0) is 57.8 Å². The smallest absolute Gasteiger partial charge is 0.245 e. The van der Waals surface area contributed by atoms with Crippen LogP contribution in [0.2, 0.25) is 0 Å². The van der Waals surface area contributed by atoms with Crippen molar-refractivity contribution in [1.29, 1.82) is 0 Å². The molecule has 0 bridgehead atoms. The third kappa shape index (κ3) is 3.11. The summed E-state index contributed by atoms with van der Waals surface area (Å²) < 4.78 is 0. The van der Waals surface area contributed by atoms with Gasteiger partial charge in [-0.15, -0.1) is 16.4 Å². The second-order valence-electron chi connectivity index (χ2n) is 5.85. The highest BCUT2D eigenvalue weighted by molar-refractivity contribution is 7.15. The number of anilines is 1. The van der Waals surface area contributed by atoms with Crippen LogP contribution < -0.4 is 10.2 Å². The number of hydrogen-bond donors (Lipinski definition) is 2. The summed E-state index contributed by atoms with van der Waals surface area (Å²) in [5, 5.41) is 10.8. The topological polar surface area (TPSA) is 56.8 Å². The Bertz CT molecular complexity index is 581. The van der Waals surface area contributed by atoms with Crippen molar-refractivity contribution in [3.63, 3.8) is 0 Å². The second-order valence-corrected chi connectivity index (χ2v) is 7.10. The van der Waals surface area contributed by atoms with E-state index in [0.717, 1.165) is 31.4 Å². The van der Waals surface area contributed by atoms with Crippen molar-refractivity contribution in [3.05, 3.63) is 16.5 Å². The van der Waals surface area contributed by atoms with Gasteiger partial charge in [0, 0.05) is 18.0 Å². The highest BCUT2D eigenvalue weighted by atomic mass is 32.1. The Balaban J connectivity index is 1.75. The Morgan fingerprint density at radius 1 is 1.48 bits per heavy atom. The number of piperidine rings is 1. The molecule has 1 aliphatic heterocycles. The third-order valence-electron chi connectivity index (χ3n) is 4.17. The van der Waals surface area contributed by atoms with Gasteiger partial charge in [-0.25, -0.2) is 0 Å². The van der Waals surface area contributed by atoms with E-state index in [1.54, 1.807) is 11.3 Å². The first-order valence-electron chi connectivity index (χ1n) is 7.56. The van der Waals surface area contributed by atoms with Crippen LogP contribution in [0.4, 0.5) is 5.95 Å². The van der Waals surface area contributed by atoms with Gasteiger partial charge in [-0.3, -0.25) is 5.10 Å². The van der Waals surface area contributed by atoms with Crippen LogP contribution in [0, 0.1) is 19.8 Å². The molecule has 0 aromatic carbocycles. The zero-order valence-corrected chi connectivity index (χ0v) is 13.8. The summed E-state index contributed by atoms with van der Waals surface area (Å²) in [6.45, 7) is 7.45. The van der Waals surface area contributed by atoms with E-state index < -0.39 is 0 Å². The Kier molecular flexibility index (Phi) is 4.26. The summed E-state index contributed by atoms with van der Waals surface area (Å²) in [4.78, 5) is 9.52. The van der Waals surface area contributed by atoms with E-state index >= 15 is 0 Å². The minimum absolute atomic E-state index is 0.692. The average molecular weight is 305 g/mol. The number of aromatic amines is 1. The summed E-state index contributed by atoms with van der Waals surface area (Å²) in [5.74, 6) is 2.42. The van der Waals surface area contributed by atoms with E-state index in [4.69, 9.17) is 4.98 Å². The Labute approximate surface area is 129 Å². The van der Waals surface area contributed by atoms with Crippen molar-refractivity contribution in [2.24, 2.45) is 5.92 Å². The van der Waals surface area contributed by atoms with E-state index in [0.29, 0.717) is 5.92 Å². The van der Waals surface area contributed by atoms with E-state index in [-0.39, 0.29) is 0 Å². The number of hydrogen-bond acceptors (Lipinski definition) is 5. The molecule has 21 heavy (non-hydrogen) atoms. The third-order valence-corrected chi connectivity index (χ3v) is 5.33. The highest BCUT2D eigenvalue weighted by Crippen LogP contribution is 2.29. The molecule has 1 aliphatic rings. The molecule has 0 spiro atoms. The van der Waals surface area contributed by atoms with Crippen molar-refractivity contribution >= 4 is 17.3 Å². The molecule has 3 heterocycles. The molecule has 114 valence electrons. The molecule has 2 aromatic heterocycles. The number of thiophene rings is 1. The summed E-state index contributed by atoms with van der Waals surface area (Å²) in [6.07, 6.45) is 2.51. The first kappa shape index (κ1) is 14.5. The van der Waals surface area contributed by atoms with Crippen LogP contribution in [0.5, 0.6) is 0 Å². The largest absolute Gasteiger partial charge is 0.339 e. The molecular weight excluding hydrogens is 282 g/mol. The first-order chi connectivity index (χ1) is 10.2. The molecular formula is C15H23N5S. The maximum absolute atomic E-state index is 4.70. The molecule has 6 heteroatoms. The number of aromatic nitrogens is 3. The molecule has 1 fully saturated rings. The molecule has 5 nitrogen and oxygen atoms in total. The molecule has 1 saturated heterocycles. The van der Waals surface area contributed by atoms with Crippen molar-refractivity contribution in [2.45, 2.75) is 26.7 Å². The molecule has 2 N–H and O–H groups in total. The van der Waals surface area contributed by atoms with Gasteiger partial charge >= 0.3 is 0 Å². The van der Waals surface area contributed by atoms with E-state index in [9.17, 15) is 0 Å². The lowest BCUT2D eigenvalue weighted by molar-refractivity contribution is 0.399. The molecule has 0 radical (unpaired) electrons. The maximum atomic E-state index is 4.70. The van der Waals surface area contributed by atoms with Crippen LogP contribution in [0.15, 0.2) is 6.07 Å². The molecule has 0 amide bonds. The van der Waals surface area contributed by atoms with Crippen molar-refractivity contribution in [2.75, 3.05) is 31.6 Å². The van der Waals surface area contributed by atoms with Gasteiger partial charge in [-0.2, -0.15) is 4.98 Å². The zero-order valence-electron chi connectivity index (χ0n) is 12.9. The quantitative estimate of drug-likeness (QED) is 0.911. The average Bonchev–Trinajstić information content (AvgIpc) is 3.08. The van der Waals surface area contributed by atoms with Gasteiger partial charge in [-0.1, -0.05) is 0 Å². The molecule has 0 aliphatic carbocycles. The summed E-state index contributed by atoms with van der Waals surface area (Å²) in [6, 6.07) is 2.18. The molecule has 1 unspecified atom stereocenters. The Hall–Kier alpha value is -1.40. The molecule has 3 rings (SSSR count). The number of rotatable bonds is 4. The minimum atomic E-state index is 0.692. The maximum Gasteiger partial charge on any atom is 0.245 e. The molecule has 0 saturated carbocycles. The monoisotopic (exact) mass is 305 g/mol. The predicted octanol–water partition coefficient (Wildman–Crippen LogP) is 2.59. The normalized spacial score (nSPS) is 19.2. The van der Waals surface area contributed by atoms with Crippen LogP contribution >= 0.6 is 11.3 Å². The van der Waals surface area contributed by atoms with Gasteiger partial charge in [0.2, 0.25) is 5.95 Å². The van der Waals surface area contributed by atoms with Crippen molar-refractivity contribution < 1.29 is 0 Å². The van der Waals surface area contributed by atoms with Crippen molar-refractivity contribution in [1.82, 2.24) is 20.5 Å². The fraction of sp³-hybridized carbons (Fsp3) is 0.600. The first-order valence-corrected chi connectivity index (χ1v) is 8.38. The van der Waals surface area contributed by atoms with E-state index in [1.807, 2.05) is 7.05 Å². The lowest BCUT2D eigenvalue weighted by Gasteiger charge is -2.31. The van der Waals surface area contributed by atoms with E-state index in [2.05, 4.69) is 40.3 Å². The van der Waals surface area contributed by atoms with E-state index in [1.165, 1.54) is 28.2 Å². The highest BCUT2D eigenvalue weighted by Gasteiger charge is 2.22. The lowest BCUT2D eigenvalue weighted by atomic mass is 9.98. The second kappa shape index (κ2) is 6.15. The lowest BCUT2D eigenvalue weighted by Crippen LogP contribution is -2.39. The summed E-state index contributed by atoms with van der Waals surface area (Å²) >= 11 is 1.77. The van der Waals surface area contributed by atoms with Crippen molar-refractivity contribution in [3.8, 4) is 10.7 Å². The fourth-order valence-electron chi connectivity index (χ4n) is 2.90. The zero-order chi connectivity index (χ0) is 14.8. The molecule has 2 aromatic rings. The number of H-pyrrole nitrogens is 1. The van der Waals surface area contributed by atoms with Crippen LogP contribution in [-0.4, -0.2) is 41.9 Å². The Morgan fingerprint density at radius 2 is 2.33 bits per heavy atom. The minimum Gasteiger partial charge on any atom is -0.339 e. The molecule has 1 atom stereocenters. The summed E-state index contributed by atoms with van der Waals surface area (Å²) in [7, 11) is 2.02. The van der Waals surface area contributed by atoms with Crippen LogP contribution in [0.1, 0.15) is 23.3 Å². The predicted molar refractivity (Wildman–Crippen MR) is 88.0 cm³/mol. The number of aryl methyl sites for hydroxylation is 2.